The zero-order chi connectivity index (χ0) is 14.1. The van der Waals surface area contributed by atoms with Crippen LogP contribution in [0.3, 0.4) is 0 Å². The monoisotopic (exact) mass is 321 g/mol. The molecule has 6 heteroatoms. The fourth-order valence-electron chi connectivity index (χ4n) is 1.74. The summed E-state index contributed by atoms with van der Waals surface area (Å²) in [5, 5.41) is 13.7. The van der Waals surface area contributed by atoms with Gasteiger partial charge in [0.05, 0.1) is 15.6 Å². The summed E-state index contributed by atoms with van der Waals surface area (Å²) in [4.78, 5) is 15.4. The van der Waals surface area contributed by atoms with Crippen molar-refractivity contribution in [3.05, 3.63) is 51.0 Å². The molecule has 0 fully saturated rings. The van der Waals surface area contributed by atoms with Gasteiger partial charge in [-0.25, -0.2) is 9.78 Å². The minimum Gasteiger partial charge on any atom is -0.478 e. The number of carbonyl (C=O) groups is 1. The molecule has 2 heterocycles. The van der Waals surface area contributed by atoms with Crippen molar-refractivity contribution in [2.45, 2.75) is 0 Å². The predicted octanol–water partition coefficient (Wildman–Crippen LogP) is 4.89. The van der Waals surface area contributed by atoms with Crippen molar-refractivity contribution in [3.8, 4) is 21.8 Å². The van der Waals surface area contributed by atoms with Crippen molar-refractivity contribution < 1.29 is 9.90 Å². The molecule has 0 saturated heterocycles. The molecule has 0 aliphatic heterocycles. The Morgan fingerprint density at radius 1 is 1.10 bits per heavy atom. The number of thiophene rings is 1. The van der Waals surface area contributed by atoms with Gasteiger partial charge in [0.15, 0.2) is 0 Å². The van der Waals surface area contributed by atoms with Crippen LogP contribution in [0.15, 0.2) is 41.1 Å². The highest BCUT2D eigenvalue weighted by Gasteiger charge is 2.09. The molecule has 1 N–H and O–H groups in total. The second-order valence-corrected chi connectivity index (χ2v) is 6.46. The van der Waals surface area contributed by atoms with E-state index in [1.165, 1.54) is 22.7 Å². The standard InChI is InChI=1S/C14H8ClNO2S2/c15-12-5-10(6-19-12)11-7-20-13(16-11)8-1-3-9(4-2-8)14(17)18/h1-7H,(H,17,18). The molecule has 100 valence electrons. The van der Waals surface area contributed by atoms with Crippen LogP contribution in [0.2, 0.25) is 4.34 Å². The van der Waals surface area contributed by atoms with Crippen molar-refractivity contribution in [3.63, 3.8) is 0 Å². The maximum Gasteiger partial charge on any atom is 0.335 e. The number of carboxylic acids is 1. The summed E-state index contributed by atoms with van der Waals surface area (Å²) < 4.78 is 0.736. The van der Waals surface area contributed by atoms with Crippen molar-refractivity contribution in [2.24, 2.45) is 0 Å². The number of halogens is 1. The molecule has 0 saturated carbocycles. The molecule has 3 rings (SSSR count). The molecule has 2 aromatic heterocycles. The number of rotatable bonds is 3. The van der Waals surface area contributed by atoms with E-state index < -0.39 is 5.97 Å². The Morgan fingerprint density at radius 3 is 2.45 bits per heavy atom. The number of aromatic carboxylic acids is 1. The Bertz CT molecular complexity index is 762. The second kappa shape index (κ2) is 5.36. The lowest BCUT2D eigenvalue weighted by molar-refractivity contribution is 0.0697. The summed E-state index contributed by atoms with van der Waals surface area (Å²) in [6.45, 7) is 0. The van der Waals surface area contributed by atoms with E-state index in [0.29, 0.717) is 0 Å². The van der Waals surface area contributed by atoms with Crippen LogP contribution in [0, 0.1) is 0 Å². The molecule has 0 amide bonds. The number of benzene rings is 1. The average Bonchev–Trinajstić information content (AvgIpc) is 3.07. The van der Waals surface area contributed by atoms with Crippen LogP contribution in [0.25, 0.3) is 21.8 Å². The first-order valence-electron chi connectivity index (χ1n) is 5.67. The zero-order valence-corrected chi connectivity index (χ0v) is 12.4. The molecule has 0 atom stereocenters. The fraction of sp³-hybridized carbons (Fsp3) is 0. The molecular weight excluding hydrogens is 314 g/mol. The van der Waals surface area contributed by atoms with Gasteiger partial charge >= 0.3 is 5.97 Å². The van der Waals surface area contributed by atoms with Crippen LogP contribution in [-0.2, 0) is 0 Å². The van der Waals surface area contributed by atoms with Gasteiger partial charge in [0.1, 0.15) is 5.01 Å². The minimum absolute atomic E-state index is 0.273. The van der Waals surface area contributed by atoms with Crippen molar-refractivity contribution >= 4 is 40.2 Å². The Hall–Kier alpha value is -1.69. The van der Waals surface area contributed by atoms with E-state index in [2.05, 4.69) is 4.98 Å². The SMILES string of the molecule is O=C(O)c1ccc(-c2nc(-c3csc(Cl)c3)cs2)cc1. The average molecular weight is 322 g/mol. The van der Waals surface area contributed by atoms with Crippen LogP contribution in [-0.4, -0.2) is 16.1 Å². The molecule has 3 aromatic rings. The Morgan fingerprint density at radius 2 is 1.85 bits per heavy atom. The Kier molecular flexibility index (Phi) is 3.56. The van der Waals surface area contributed by atoms with Gasteiger partial charge in [-0.05, 0) is 18.2 Å². The van der Waals surface area contributed by atoms with Gasteiger partial charge in [-0.15, -0.1) is 22.7 Å². The topological polar surface area (TPSA) is 50.2 Å². The maximum atomic E-state index is 10.8. The Balaban J connectivity index is 1.91. The van der Waals surface area contributed by atoms with E-state index in [1.807, 2.05) is 16.8 Å². The molecule has 20 heavy (non-hydrogen) atoms. The van der Waals surface area contributed by atoms with Crippen LogP contribution in [0.4, 0.5) is 0 Å². The number of aromatic nitrogens is 1. The summed E-state index contributed by atoms with van der Waals surface area (Å²) in [5.41, 5.74) is 3.07. The molecule has 0 radical (unpaired) electrons. The van der Waals surface area contributed by atoms with E-state index in [4.69, 9.17) is 16.7 Å². The van der Waals surface area contributed by atoms with E-state index in [1.54, 1.807) is 24.3 Å². The third kappa shape index (κ3) is 2.60. The van der Waals surface area contributed by atoms with E-state index in [0.717, 1.165) is 26.2 Å². The second-order valence-electron chi connectivity index (χ2n) is 4.06. The lowest BCUT2D eigenvalue weighted by Crippen LogP contribution is -1.94. The highest BCUT2D eigenvalue weighted by molar-refractivity contribution is 7.15. The molecule has 1 aromatic carbocycles. The van der Waals surface area contributed by atoms with Gasteiger partial charge < -0.3 is 5.11 Å². The first-order valence-corrected chi connectivity index (χ1v) is 7.81. The van der Waals surface area contributed by atoms with Crippen LogP contribution >= 0.6 is 34.3 Å². The van der Waals surface area contributed by atoms with Crippen LogP contribution < -0.4 is 0 Å². The summed E-state index contributed by atoms with van der Waals surface area (Å²) in [6.07, 6.45) is 0. The quantitative estimate of drug-likeness (QED) is 0.747. The van der Waals surface area contributed by atoms with Crippen LogP contribution in [0.5, 0.6) is 0 Å². The first-order chi connectivity index (χ1) is 9.63. The number of carboxylic acid groups (broad SMARTS) is 1. The van der Waals surface area contributed by atoms with E-state index >= 15 is 0 Å². The zero-order valence-electron chi connectivity index (χ0n) is 10.0. The van der Waals surface area contributed by atoms with Gasteiger partial charge in [-0.1, -0.05) is 23.7 Å². The van der Waals surface area contributed by atoms with E-state index in [9.17, 15) is 4.79 Å². The highest BCUT2D eigenvalue weighted by Crippen LogP contribution is 2.32. The lowest BCUT2D eigenvalue weighted by Gasteiger charge is -1.97. The normalized spacial score (nSPS) is 10.7. The maximum absolute atomic E-state index is 10.8. The predicted molar refractivity (Wildman–Crippen MR) is 82.8 cm³/mol. The minimum atomic E-state index is -0.927. The third-order valence-electron chi connectivity index (χ3n) is 2.75. The lowest BCUT2D eigenvalue weighted by atomic mass is 10.1. The van der Waals surface area contributed by atoms with E-state index in [-0.39, 0.29) is 5.56 Å². The van der Waals surface area contributed by atoms with Crippen LogP contribution in [0.1, 0.15) is 10.4 Å². The van der Waals surface area contributed by atoms with Gasteiger partial charge in [0.2, 0.25) is 0 Å². The Labute approximate surface area is 128 Å². The largest absolute Gasteiger partial charge is 0.478 e. The van der Waals surface area contributed by atoms with Gasteiger partial charge in [0, 0.05) is 21.9 Å². The summed E-state index contributed by atoms with van der Waals surface area (Å²) in [5.74, 6) is -0.927. The van der Waals surface area contributed by atoms with Crippen molar-refractivity contribution in [1.82, 2.24) is 4.98 Å². The number of hydrogen-bond acceptors (Lipinski definition) is 4. The number of thiazole rings is 1. The first kappa shape index (κ1) is 13.3. The van der Waals surface area contributed by atoms with Gasteiger partial charge in [0.25, 0.3) is 0 Å². The highest BCUT2D eigenvalue weighted by atomic mass is 35.5. The molecular formula is C14H8ClNO2S2. The fourth-order valence-corrected chi connectivity index (χ4v) is 3.45. The molecule has 3 nitrogen and oxygen atoms in total. The smallest absolute Gasteiger partial charge is 0.335 e. The molecule has 0 aliphatic rings. The number of hydrogen-bond donors (Lipinski definition) is 1. The number of nitrogens with zero attached hydrogens (tertiary/aromatic N) is 1. The van der Waals surface area contributed by atoms with Gasteiger partial charge in [-0.3, -0.25) is 0 Å². The molecule has 0 bridgehead atoms. The van der Waals surface area contributed by atoms with Crippen molar-refractivity contribution in [2.75, 3.05) is 0 Å². The summed E-state index contributed by atoms with van der Waals surface area (Å²) in [6, 6.07) is 8.60. The summed E-state index contributed by atoms with van der Waals surface area (Å²) in [7, 11) is 0. The third-order valence-corrected chi connectivity index (χ3v) is 4.73. The molecule has 0 spiro atoms. The molecule has 0 unspecified atom stereocenters. The molecule has 0 aliphatic carbocycles. The van der Waals surface area contributed by atoms with Gasteiger partial charge in [-0.2, -0.15) is 0 Å². The van der Waals surface area contributed by atoms with Crippen molar-refractivity contribution in [1.29, 1.82) is 0 Å². The summed E-state index contributed by atoms with van der Waals surface area (Å²) >= 11 is 8.92.